The molecule has 33 heavy (non-hydrogen) atoms. The molecule has 2 atom stereocenters. The summed E-state index contributed by atoms with van der Waals surface area (Å²) in [5.74, 6) is 0.316. The van der Waals surface area contributed by atoms with Crippen molar-refractivity contribution in [1.29, 1.82) is 0 Å². The van der Waals surface area contributed by atoms with Gasteiger partial charge in [0.1, 0.15) is 11.9 Å². The predicted molar refractivity (Wildman–Crippen MR) is 129 cm³/mol. The molecule has 3 heterocycles. The van der Waals surface area contributed by atoms with Gasteiger partial charge in [0, 0.05) is 53.8 Å². The summed E-state index contributed by atoms with van der Waals surface area (Å²) in [7, 11) is 3.41. The number of ether oxygens (including phenoxy) is 1. The highest BCUT2D eigenvalue weighted by Crippen LogP contribution is 2.28. The summed E-state index contributed by atoms with van der Waals surface area (Å²) in [6.45, 7) is 1.89. The van der Waals surface area contributed by atoms with Gasteiger partial charge in [-0.05, 0) is 47.9 Å². The second kappa shape index (κ2) is 9.51. The van der Waals surface area contributed by atoms with E-state index in [4.69, 9.17) is 4.74 Å². The molecule has 8 nitrogen and oxygen atoms in total. The summed E-state index contributed by atoms with van der Waals surface area (Å²) in [6, 6.07) is 7.19. The molecule has 0 saturated heterocycles. The fraction of sp³-hybridized carbons (Fsp3) is 0.208. The maximum Gasteiger partial charge on any atom is 0.244 e. The number of aromatic nitrogens is 4. The van der Waals surface area contributed by atoms with E-state index in [-0.39, 0.29) is 11.9 Å². The Hall–Kier alpha value is -3.56. The van der Waals surface area contributed by atoms with Gasteiger partial charge in [-0.2, -0.15) is 5.10 Å². The van der Waals surface area contributed by atoms with Crippen LogP contribution >= 0.6 is 0 Å². The molecule has 2 N–H and O–H groups in total. The van der Waals surface area contributed by atoms with Crippen LogP contribution in [-0.4, -0.2) is 43.6 Å². The van der Waals surface area contributed by atoms with Gasteiger partial charge in [-0.3, -0.25) is 9.48 Å². The number of pyridine rings is 1. The topological polar surface area (TPSA) is 108 Å². The molecule has 0 aliphatic rings. The monoisotopic (exact) mass is 463 g/mol. The van der Waals surface area contributed by atoms with E-state index in [9.17, 15) is 9.35 Å². The van der Waals surface area contributed by atoms with E-state index in [1.165, 1.54) is 13.2 Å². The molecule has 0 spiro atoms. The van der Waals surface area contributed by atoms with Crippen LogP contribution < -0.4 is 10.1 Å². The summed E-state index contributed by atoms with van der Waals surface area (Å²) in [6.07, 6.45) is 12.2. The number of rotatable bonds is 7. The van der Waals surface area contributed by atoms with Crippen LogP contribution in [0.5, 0.6) is 5.75 Å². The average Bonchev–Trinajstić information content (AvgIpc) is 3.42. The second-order valence-electron chi connectivity index (χ2n) is 7.69. The average molecular weight is 464 g/mol. The van der Waals surface area contributed by atoms with Crippen molar-refractivity contribution in [3.8, 4) is 16.9 Å². The van der Waals surface area contributed by atoms with Crippen LogP contribution in [0.2, 0.25) is 0 Å². The quantitative estimate of drug-likeness (QED) is 0.322. The smallest absolute Gasteiger partial charge is 0.244 e. The standard InChI is InChI=1S/C24H25N5O3S/c1-15(16-5-7-22(33(4)31)21(10-16)32-3)28-23(30)8-6-17-11-25-24-20(17)9-18(12-26-24)19-13-27-29(2)14-19/h5-15H,1-4H3,(H,25,26)(H,28,30)/b8-6+. The van der Waals surface area contributed by atoms with Crippen LogP contribution in [0.4, 0.5) is 0 Å². The Kier molecular flexibility index (Phi) is 6.52. The first-order valence-corrected chi connectivity index (χ1v) is 11.9. The third-order valence-corrected chi connectivity index (χ3v) is 6.33. The number of aryl methyl sites for hydroxylation is 1. The van der Waals surface area contributed by atoms with Crippen molar-refractivity contribution >= 4 is 34.2 Å². The number of fused-ring (bicyclic) bond motifs is 1. The molecule has 2 unspecified atom stereocenters. The van der Waals surface area contributed by atoms with Crippen LogP contribution in [0.25, 0.3) is 28.2 Å². The fourth-order valence-electron chi connectivity index (χ4n) is 3.59. The van der Waals surface area contributed by atoms with Gasteiger partial charge < -0.3 is 19.6 Å². The van der Waals surface area contributed by atoms with Crippen LogP contribution in [-0.2, 0) is 23.0 Å². The van der Waals surface area contributed by atoms with E-state index < -0.39 is 11.2 Å². The van der Waals surface area contributed by atoms with E-state index in [1.54, 1.807) is 41.5 Å². The van der Waals surface area contributed by atoms with Crippen molar-refractivity contribution < 1.29 is 14.1 Å². The zero-order chi connectivity index (χ0) is 23.5. The zero-order valence-electron chi connectivity index (χ0n) is 18.8. The first kappa shape index (κ1) is 22.6. The number of methoxy groups -OCH3 is 1. The number of hydrogen-bond donors (Lipinski definition) is 2. The molecule has 0 saturated carbocycles. The van der Waals surface area contributed by atoms with Crippen molar-refractivity contribution in [3.63, 3.8) is 0 Å². The van der Waals surface area contributed by atoms with Gasteiger partial charge in [-0.25, -0.2) is 4.98 Å². The van der Waals surface area contributed by atoms with E-state index >= 15 is 0 Å². The summed E-state index contributed by atoms with van der Waals surface area (Å²) in [4.78, 5) is 20.8. The third-order valence-electron chi connectivity index (χ3n) is 5.37. The van der Waals surface area contributed by atoms with Gasteiger partial charge in [0.2, 0.25) is 5.91 Å². The molecule has 0 fully saturated rings. The van der Waals surface area contributed by atoms with Crippen molar-refractivity contribution in [2.45, 2.75) is 17.9 Å². The molecule has 170 valence electrons. The first-order valence-electron chi connectivity index (χ1n) is 10.3. The van der Waals surface area contributed by atoms with Crippen molar-refractivity contribution in [2.75, 3.05) is 13.4 Å². The lowest BCUT2D eigenvalue weighted by Crippen LogP contribution is -2.24. The molecule has 0 bridgehead atoms. The molecule has 9 heteroatoms. The number of carbonyl (C=O) groups is 1. The summed E-state index contributed by atoms with van der Waals surface area (Å²) in [5, 5.41) is 8.08. The number of benzene rings is 1. The lowest BCUT2D eigenvalue weighted by molar-refractivity contribution is -0.117. The Labute approximate surface area is 194 Å². The van der Waals surface area contributed by atoms with Gasteiger partial charge in [0.05, 0.1) is 19.3 Å². The summed E-state index contributed by atoms with van der Waals surface area (Å²) < 4.78 is 18.9. The Bertz CT molecular complexity index is 1320. The molecule has 4 rings (SSSR count). The highest BCUT2D eigenvalue weighted by Gasteiger charge is 2.16. The second-order valence-corrected chi connectivity index (χ2v) is 9.04. The van der Waals surface area contributed by atoms with E-state index in [0.717, 1.165) is 33.3 Å². The molecule has 3 aromatic heterocycles. The lowest BCUT2D eigenvalue weighted by atomic mass is 10.1. The molecular weight excluding hydrogens is 438 g/mol. The summed E-state index contributed by atoms with van der Waals surface area (Å²) in [5.41, 5.74) is 4.40. The van der Waals surface area contributed by atoms with Gasteiger partial charge in [0.25, 0.3) is 0 Å². The maximum atomic E-state index is 12.6. The Morgan fingerprint density at radius 3 is 2.82 bits per heavy atom. The minimum Gasteiger partial charge on any atom is -0.612 e. The highest BCUT2D eigenvalue weighted by atomic mass is 32.2. The minimum atomic E-state index is -1.15. The maximum absolute atomic E-state index is 12.6. The number of aromatic amines is 1. The number of amides is 1. The van der Waals surface area contributed by atoms with Crippen molar-refractivity contribution in [3.05, 3.63) is 66.3 Å². The number of hydrogen-bond acceptors (Lipinski definition) is 5. The number of nitrogens with one attached hydrogen (secondary N) is 2. The molecule has 1 aromatic carbocycles. The van der Waals surface area contributed by atoms with Gasteiger partial charge in [0.15, 0.2) is 10.6 Å². The first-order chi connectivity index (χ1) is 15.9. The van der Waals surface area contributed by atoms with Gasteiger partial charge in [-0.1, -0.05) is 6.07 Å². The minimum absolute atomic E-state index is 0.227. The van der Waals surface area contributed by atoms with Crippen LogP contribution in [0.15, 0.2) is 60.0 Å². The number of carbonyl (C=O) groups excluding carboxylic acids is 1. The van der Waals surface area contributed by atoms with E-state index in [0.29, 0.717) is 10.6 Å². The molecular formula is C24H25N5O3S. The zero-order valence-corrected chi connectivity index (χ0v) is 19.6. The molecule has 4 aromatic rings. The molecule has 0 aliphatic heterocycles. The van der Waals surface area contributed by atoms with E-state index in [1.807, 2.05) is 38.5 Å². The largest absolute Gasteiger partial charge is 0.612 e. The lowest BCUT2D eigenvalue weighted by Gasteiger charge is -2.16. The predicted octanol–water partition coefficient (Wildman–Crippen LogP) is 3.60. The Morgan fingerprint density at radius 2 is 2.12 bits per heavy atom. The van der Waals surface area contributed by atoms with Gasteiger partial charge >= 0.3 is 0 Å². The van der Waals surface area contributed by atoms with Crippen LogP contribution in [0.1, 0.15) is 24.1 Å². The van der Waals surface area contributed by atoms with E-state index in [2.05, 4.69) is 20.4 Å². The highest BCUT2D eigenvalue weighted by molar-refractivity contribution is 7.90. The normalized spacial score (nSPS) is 13.4. The third kappa shape index (κ3) is 4.94. The Morgan fingerprint density at radius 1 is 1.30 bits per heavy atom. The Balaban J connectivity index is 1.49. The molecule has 1 amide bonds. The van der Waals surface area contributed by atoms with Gasteiger partial charge in [-0.15, -0.1) is 0 Å². The van der Waals surface area contributed by atoms with Crippen molar-refractivity contribution in [2.24, 2.45) is 7.05 Å². The number of H-pyrrole nitrogens is 1. The SMILES string of the molecule is COc1cc(C(C)NC(=O)/C=C/c2c[nH]c3ncc(-c4cnn(C)c4)cc23)ccc1[S+](C)[O-]. The molecule has 0 aliphatic carbocycles. The summed E-state index contributed by atoms with van der Waals surface area (Å²) >= 11 is -1.15. The fourth-order valence-corrected chi connectivity index (χ4v) is 4.28. The van der Waals surface area contributed by atoms with Crippen LogP contribution in [0, 0.1) is 0 Å². The number of nitrogens with zero attached hydrogens (tertiary/aromatic N) is 3. The van der Waals surface area contributed by atoms with Crippen LogP contribution in [0.3, 0.4) is 0 Å². The molecule has 0 radical (unpaired) electrons. The van der Waals surface area contributed by atoms with Crippen molar-refractivity contribution in [1.82, 2.24) is 25.1 Å².